The fourth-order valence-corrected chi connectivity index (χ4v) is 3.96. The highest BCUT2D eigenvalue weighted by Crippen LogP contribution is 2.43. The molecule has 23 heavy (non-hydrogen) atoms. The highest BCUT2D eigenvalue weighted by molar-refractivity contribution is 8.00. The molecular weight excluding hydrogens is 306 g/mol. The van der Waals surface area contributed by atoms with Crippen LogP contribution in [0.15, 0.2) is 48.5 Å². The van der Waals surface area contributed by atoms with Gasteiger partial charge in [-0.2, -0.15) is 0 Å². The number of nitrogens with zero attached hydrogens (tertiary/aromatic N) is 1. The van der Waals surface area contributed by atoms with Crippen LogP contribution in [-0.2, 0) is 11.3 Å². The average molecular weight is 327 g/mol. The Morgan fingerprint density at radius 1 is 1.17 bits per heavy atom. The molecule has 1 unspecified atom stereocenters. The Kier molecular flexibility index (Phi) is 4.91. The molecule has 4 heteroatoms. The molecule has 1 saturated heterocycles. The van der Waals surface area contributed by atoms with Crippen LogP contribution < -0.4 is 4.74 Å². The van der Waals surface area contributed by atoms with Gasteiger partial charge in [-0.15, -0.1) is 11.8 Å². The molecule has 1 aliphatic rings. The third kappa shape index (κ3) is 3.53. The summed E-state index contributed by atoms with van der Waals surface area (Å²) in [6.07, 6.45) is 0. The van der Waals surface area contributed by atoms with Gasteiger partial charge in [0.2, 0.25) is 5.91 Å². The van der Waals surface area contributed by atoms with Crippen molar-refractivity contribution in [1.29, 1.82) is 0 Å². The van der Waals surface area contributed by atoms with Gasteiger partial charge in [0.05, 0.1) is 12.4 Å². The molecule has 0 aromatic heterocycles. The van der Waals surface area contributed by atoms with Crippen LogP contribution in [0.4, 0.5) is 0 Å². The van der Waals surface area contributed by atoms with E-state index in [1.54, 1.807) is 11.8 Å². The highest BCUT2D eigenvalue weighted by atomic mass is 32.2. The second kappa shape index (κ2) is 7.09. The first-order valence-electron chi connectivity index (χ1n) is 7.87. The van der Waals surface area contributed by atoms with Crippen molar-refractivity contribution in [3.05, 3.63) is 65.2 Å². The number of thioether (sulfide) groups is 1. The molecular formula is C19H21NO2S. The lowest BCUT2D eigenvalue weighted by Gasteiger charge is -2.26. The summed E-state index contributed by atoms with van der Waals surface area (Å²) >= 11 is 1.67. The Morgan fingerprint density at radius 2 is 1.91 bits per heavy atom. The van der Waals surface area contributed by atoms with Crippen LogP contribution in [0, 0.1) is 6.92 Å². The predicted molar refractivity (Wildman–Crippen MR) is 94.5 cm³/mol. The smallest absolute Gasteiger partial charge is 0.234 e. The summed E-state index contributed by atoms with van der Waals surface area (Å²) in [5.74, 6) is 1.58. The number of para-hydroxylation sites is 1. The van der Waals surface area contributed by atoms with Gasteiger partial charge in [-0.25, -0.2) is 0 Å². The minimum absolute atomic E-state index is 0.0200. The maximum Gasteiger partial charge on any atom is 0.234 e. The predicted octanol–water partition coefficient (Wildman–Crippen LogP) is 4.17. The number of benzene rings is 2. The second-order valence-electron chi connectivity index (χ2n) is 5.64. The van der Waals surface area contributed by atoms with Gasteiger partial charge < -0.3 is 9.64 Å². The Labute approximate surface area is 141 Å². The Morgan fingerprint density at radius 3 is 2.65 bits per heavy atom. The molecule has 120 valence electrons. The van der Waals surface area contributed by atoms with Gasteiger partial charge in [-0.05, 0) is 25.5 Å². The molecule has 1 atom stereocenters. The van der Waals surface area contributed by atoms with E-state index in [0.29, 0.717) is 18.9 Å². The monoisotopic (exact) mass is 327 g/mol. The lowest BCUT2D eigenvalue weighted by molar-refractivity contribution is -0.128. The number of amides is 1. The maximum atomic E-state index is 12.4. The molecule has 2 aromatic rings. The Balaban J connectivity index is 1.86. The van der Waals surface area contributed by atoms with E-state index in [0.717, 1.165) is 16.9 Å². The van der Waals surface area contributed by atoms with Crippen LogP contribution in [0.1, 0.15) is 29.0 Å². The molecule has 3 nitrogen and oxygen atoms in total. The normalized spacial score (nSPS) is 17.6. The van der Waals surface area contributed by atoms with Gasteiger partial charge in [0.1, 0.15) is 11.1 Å². The number of aryl methyl sites for hydroxylation is 1. The van der Waals surface area contributed by atoms with Gasteiger partial charge in [-0.3, -0.25) is 4.79 Å². The molecule has 0 aliphatic carbocycles. The van der Waals surface area contributed by atoms with Crippen molar-refractivity contribution in [2.45, 2.75) is 25.8 Å². The van der Waals surface area contributed by atoms with Crippen molar-refractivity contribution >= 4 is 17.7 Å². The fraction of sp³-hybridized carbons (Fsp3) is 0.316. The van der Waals surface area contributed by atoms with E-state index in [1.165, 1.54) is 5.56 Å². The molecule has 3 rings (SSSR count). The summed E-state index contributed by atoms with van der Waals surface area (Å²) in [7, 11) is 0. The lowest BCUT2D eigenvalue weighted by Crippen LogP contribution is -2.27. The first-order valence-corrected chi connectivity index (χ1v) is 8.92. The largest absolute Gasteiger partial charge is 0.493 e. The highest BCUT2D eigenvalue weighted by Gasteiger charge is 2.34. The number of rotatable bonds is 5. The van der Waals surface area contributed by atoms with E-state index in [9.17, 15) is 4.79 Å². The van der Waals surface area contributed by atoms with E-state index in [1.807, 2.05) is 30.0 Å². The summed E-state index contributed by atoms with van der Waals surface area (Å²) in [6.45, 7) is 5.31. The van der Waals surface area contributed by atoms with Crippen LogP contribution in [0.25, 0.3) is 0 Å². The van der Waals surface area contributed by atoms with Crippen molar-refractivity contribution < 1.29 is 9.53 Å². The van der Waals surface area contributed by atoms with Crippen LogP contribution in [-0.4, -0.2) is 23.2 Å². The maximum absolute atomic E-state index is 12.4. The molecule has 1 amide bonds. The topological polar surface area (TPSA) is 29.5 Å². The van der Waals surface area contributed by atoms with Gasteiger partial charge in [0, 0.05) is 12.1 Å². The minimum Gasteiger partial charge on any atom is -0.493 e. The van der Waals surface area contributed by atoms with Crippen molar-refractivity contribution in [2.24, 2.45) is 0 Å². The van der Waals surface area contributed by atoms with Crippen LogP contribution >= 0.6 is 11.8 Å². The van der Waals surface area contributed by atoms with Crippen LogP contribution in [0.3, 0.4) is 0 Å². The van der Waals surface area contributed by atoms with Crippen molar-refractivity contribution in [3.8, 4) is 5.75 Å². The van der Waals surface area contributed by atoms with Crippen molar-refractivity contribution in [3.63, 3.8) is 0 Å². The molecule has 0 bridgehead atoms. The quantitative estimate of drug-likeness (QED) is 0.825. The summed E-state index contributed by atoms with van der Waals surface area (Å²) in [6, 6.07) is 16.4. The third-order valence-electron chi connectivity index (χ3n) is 3.93. The van der Waals surface area contributed by atoms with Crippen LogP contribution in [0.5, 0.6) is 5.75 Å². The van der Waals surface area contributed by atoms with Gasteiger partial charge in [-0.1, -0.05) is 48.0 Å². The molecule has 2 aromatic carbocycles. The summed E-state index contributed by atoms with van der Waals surface area (Å²) < 4.78 is 5.75. The summed E-state index contributed by atoms with van der Waals surface area (Å²) in [5.41, 5.74) is 3.47. The second-order valence-corrected chi connectivity index (χ2v) is 6.71. The Hall–Kier alpha value is -1.94. The van der Waals surface area contributed by atoms with E-state index in [-0.39, 0.29) is 11.3 Å². The number of hydrogen-bond acceptors (Lipinski definition) is 3. The number of hydrogen-bond donors (Lipinski definition) is 0. The average Bonchev–Trinajstić information content (AvgIpc) is 2.91. The molecule has 0 N–H and O–H groups in total. The zero-order chi connectivity index (χ0) is 16.2. The molecule has 0 spiro atoms. The van der Waals surface area contributed by atoms with E-state index in [2.05, 4.69) is 37.3 Å². The van der Waals surface area contributed by atoms with Gasteiger partial charge >= 0.3 is 0 Å². The number of carbonyl (C=O) groups excluding carboxylic acids is 1. The van der Waals surface area contributed by atoms with E-state index >= 15 is 0 Å². The molecule has 0 radical (unpaired) electrons. The molecule has 1 aliphatic heterocycles. The van der Waals surface area contributed by atoms with Gasteiger partial charge in [0.15, 0.2) is 0 Å². The zero-order valence-electron chi connectivity index (χ0n) is 13.5. The lowest BCUT2D eigenvalue weighted by atomic mass is 10.1. The minimum atomic E-state index is 0.0200. The Bertz CT molecular complexity index is 684. The zero-order valence-corrected chi connectivity index (χ0v) is 14.3. The standard InChI is InChI=1S/C19H21NO2S/c1-3-22-17-7-5-4-6-16(17)19-20(18(21)13-23-19)12-15-10-8-14(2)9-11-15/h4-11,19H,3,12-13H2,1-2H3. The van der Waals surface area contributed by atoms with E-state index < -0.39 is 0 Å². The van der Waals surface area contributed by atoms with E-state index in [4.69, 9.17) is 4.74 Å². The number of ether oxygens (including phenoxy) is 1. The SMILES string of the molecule is CCOc1ccccc1C1SCC(=O)N1Cc1ccc(C)cc1. The van der Waals surface area contributed by atoms with Crippen LogP contribution in [0.2, 0.25) is 0 Å². The first-order chi connectivity index (χ1) is 11.2. The number of carbonyl (C=O) groups is 1. The third-order valence-corrected chi connectivity index (χ3v) is 5.16. The van der Waals surface area contributed by atoms with Crippen molar-refractivity contribution in [1.82, 2.24) is 4.90 Å². The molecule has 1 fully saturated rings. The molecule has 0 saturated carbocycles. The molecule has 1 heterocycles. The fourth-order valence-electron chi connectivity index (χ4n) is 2.74. The summed E-state index contributed by atoms with van der Waals surface area (Å²) in [5, 5.41) is 0.0200. The summed E-state index contributed by atoms with van der Waals surface area (Å²) in [4.78, 5) is 14.3. The van der Waals surface area contributed by atoms with Crippen molar-refractivity contribution in [2.75, 3.05) is 12.4 Å². The van der Waals surface area contributed by atoms with Gasteiger partial charge in [0.25, 0.3) is 0 Å². The first kappa shape index (κ1) is 15.9.